The van der Waals surface area contributed by atoms with E-state index in [1.165, 1.54) is 6.08 Å². The van der Waals surface area contributed by atoms with Crippen LogP contribution in [0, 0.1) is 6.92 Å². The molecule has 4 amide bonds. The van der Waals surface area contributed by atoms with Gasteiger partial charge in [0.15, 0.2) is 0 Å². The Morgan fingerprint density at radius 3 is 2.38 bits per heavy atom. The number of halogens is 2. The van der Waals surface area contributed by atoms with Crippen molar-refractivity contribution in [2.24, 2.45) is 0 Å². The van der Waals surface area contributed by atoms with E-state index in [1.54, 1.807) is 42.5 Å². The molecule has 1 aliphatic heterocycles. The average molecular weight is 682 g/mol. The molecule has 6 rings (SSSR count). The Morgan fingerprint density at radius 1 is 0.844 bits per heavy atom. The summed E-state index contributed by atoms with van der Waals surface area (Å²) in [4.78, 5) is 40.3. The zero-order valence-corrected chi connectivity index (χ0v) is 26.4. The highest BCUT2D eigenvalue weighted by Crippen LogP contribution is 2.31. The van der Waals surface area contributed by atoms with Crippen LogP contribution < -0.4 is 19.7 Å². The van der Waals surface area contributed by atoms with Gasteiger partial charge in [0, 0.05) is 20.6 Å². The predicted molar refractivity (Wildman–Crippen MR) is 178 cm³/mol. The molecule has 1 aliphatic rings. The van der Waals surface area contributed by atoms with E-state index in [1.807, 2.05) is 61.5 Å². The van der Waals surface area contributed by atoms with Gasteiger partial charge in [-0.2, -0.15) is 0 Å². The molecule has 0 atom stereocenters. The Bertz CT molecular complexity index is 1970. The van der Waals surface area contributed by atoms with Crippen molar-refractivity contribution >= 4 is 67.9 Å². The summed E-state index contributed by atoms with van der Waals surface area (Å²) in [7, 11) is 0. The Morgan fingerprint density at radius 2 is 1.60 bits per heavy atom. The van der Waals surface area contributed by atoms with Crippen molar-refractivity contribution in [3.63, 3.8) is 0 Å². The largest absolute Gasteiger partial charge is 0.489 e. The van der Waals surface area contributed by atoms with Gasteiger partial charge in [0.1, 0.15) is 30.3 Å². The summed E-state index contributed by atoms with van der Waals surface area (Å²) in [5.41, 5.74) is 3.54. The first-order chi connectivity index (χ1) is 21.8. The van der Waals surface area contributed by atoms with Gasteiger partial charge >= 0.3 is 6.03 Å². The van der Waals surface area contributed by atoms with Crippen molar-refractivity contribution in [3.8, 4) is 11.5 Å². The number of fused-ring (bicyclic) bond motifs is 1. The number of carbonyl (C=O) groups is 3. The normalized spacial score (nSPS) is 14.2. The fourth-order valence-electron chi connectivity index (χ4n) is 5.04. The third-order valence-electron chi connectivity index (χ3n) is 7.43. The number of aryl methyl sites for hydroxylation is 1. The lowest BCUT2D eigenvalue weighted by Gasteiger charge is -2.26. The first-order valence-corrected chi connectivity index (χ1v) is 15.2. The number of urea groups is 1. The Labute approximate surface area is 273 Å². The van der Waals surface area contributed by atoms with Crippen LogP contribution in [0.1, 0.15) is 22.3 Å². The molecule has 7 nitrogen and oxygen atoms in total. The third kappa shape index (κ3) is 6.62. The number of hydrogen-bond acceptors (Lipinski definition) is 5. The maximum absolute atomic E-state index is 13.6. The molecule has 1 heterocycles. The molecule has 0 unspecified atom stereocenters. The maximum Gasteiger partial charge on any atom is 0.335 e. The van der Waals surface area contributed by atoms with Crippen LogP contribution in [0.25, 0.3) is 16.8 Å². The number of benzene rings is 5. The number of nitrogens with one attached hydrogen (secondary N) is 1. The topological polar surface area (TPSA) is 84.9 Å². The van der Waals surface area contributed by atoms with Crippen LogP contribution in [-0.4, -0.2) is 17.8 Å². The third-order valence-corrected chi connectivity index (χ3v) is 8.20. The summed E-state index contributed by atoms with van der Waals surface area (Å²) >= 11 is 9.73. The van der Waals surface area contributed by atoms with Crippen LogP contribution >= 0.6 is 27.5 Å². The Kier molecular flexibility index (Phi) is 8.69. The van der Waals surface area contributed by atoms with Crippen molar-refractivity contribution in [1.29, 1.82) is 0 Å². The first-order valence-electron chi connectivity index (χ1n) is 14.1. The Balaban J connectivity index is 1.24. The molecule has 5 aromatic rings. The predicted octanol–water partition coefficient (Wildman–Crippen LogP) is 8.39. The monoisotopic (exact) mass is 680 g/mol. The quantitative estimate of drug-likeness (QED) is 0.131. The second-order valence-corrected chi connectivity index (χ2v) is 11.8. The van der Waals surface area contributed by atoms with Crippen LogP contribution in [0.2, 0.25) is 5.02 Å². The molecule has 224 valence electrons. The summed E-state index contributed by atoms with van der Waals surface area (Å²) in [6.45, 7) is 2.63. The van der Waals surface area contributed by atoms with E-state index in [-0.39, 0.29) is 17.9 Å². The smallest absolute Gasteiger partial charge is 0.335 e. The van der Waals surface area contributed by atoms with E-state index in [0.29, 0.717) is 28.7 Å². The van der Waals surface area contributed by atoms with Crippen LogP contribution in [0.5, 0.6) is 11.5 Å². The van der Waals surface area contributed by atoms with E-state index in [4.69, 9.17) is 21.1 Å². The number of hydrogen-bond donors (Lipinski definition) is 1. The number of carbonyl (C=O) groups excluding carboxylic acids is 3. The maximum atomic E-state index is 13.6. The van der Waals surface area contributed by atoms with E-state index < -0.39 is 17.8 Å². The van der Waals surface area contributed by atoms with Crippen molar-refractivity contribution in [3.05, 3.63) is 140 Å². The van der Waals surface area contributed by atoms with Gasteiger partial charge in [-0.05, 0) is 89.5 Å². The molecule has 0 spiro atoms. The van der Waals surface area contributed by atoms with Gasteiger partial charge in [-0.25, -0.2) is 9.69 Å². The standard InChI is InChI=1S/C36H26BrClN2O5/c1-22-6-9-24-4-2-3-5-30(24)32(22)21-45-33-17-12-27(38)18-25(33)19-31-34(41)39-36(43)40(35(31)42)28-13-15-29(16-14-28)44-20-23-7-10-26(37)11-8-23/h2-19H,20-21H2,1H3,(H,39,41,43)/b31-19+. The molecule has 1 fully saturated rings. The van der Waals surface area contributed by atoms with Gasteiger partial charge < -0.3 is 9.47 Å². The van der Waals surface area contributed by atoms with E-state index in [2.05, 4.69) is 27.3 Å². The Hall–Kier alpha value is -4.92. The van der Waals surface area contributed by atoms with Gasteiger partial charge in [-0.3, -0.25) is 14.9 Å². The van der Waals surface area contributed by atoms with Crippen LogP contribution in [0.15, 0.2) is 113 Å². The summed E-state index contributed by atoms with van der Waals surface area (Å²) in [6.07, 6.45) is 1.39. The highest BCUT2D eigenvalue weighted by molar-refractivity contribution is 9.10. The zero-order chi connectivity index (χ0) is 31.5. The second-order valence-electron chi connectivity index (χ2n) is 10.4. The highest BCUT2D eigenvalue weighted by atomic mass is 79.9. The summed E-state index contributed by atoms with van der Waals surface area (Å²) < 4.78 is 13.1. The summed E-state index contributed by atoms with van der Waals surface area (Å²) in [5.74, 6) is -0.606. The zero-order valence-electron chi connectivity index (χ0n) is 24.1. The molecular formula is C36H26BrClN2O5. The van der Waals surface area contributed by atoms with Crippen molar-refractivity contribution in [1.82, 2.24) is 5.32 Å². The lowest BCUT2D eigenvalue weighted by atomic mass is 10.0. The highest BCUT2D eigenvalue weighted by Gasteiger charge is 2.37. The first kappa shape index (κ1) is 30.1. The minimum absolute atomic E-state index is 0.237. The lowest BCUT2D eigenvalue weighted by Crippen LogP contribution is -2.54. The number of anilines is 1. The van der Waals surface area contributed by atoms with Gasteiger partial charge in [0.25, 0.3) is 11.8 Å². The number of barbiturate groups is 1. The van der Waals surface area contributed by atoms with Crippen LogP contribution in [0.4, 0.5) is 10.5 Å². The fourth-order valence-corrected chi connectivity index (χ4v) is 5.48. The number of rotatable bonds is 8. The number of amides is 4. The minimum atomic E-state index is -0.848. The fraction of sp³-hybridized carbons (Fsp3) is 0.0833. The van der Waals surface area contributed by atoms with Crippen molar-refractivity contribution in [2.75, 3.05) is 4.90 Å². The number of nitrogens with zero attached hydrogens (tertiary/aromatic N) is 1. The number of imide groups is 2. The number of ether oxygens (including phenoxy) is 2. The molecule has 0 aliphatic carbocycles. The van der Waals surface area contributed by atoms with Gasteiger partial charge in [0.05, 0.1) is 5.69 Å². The van der Waals surface area contributed by atoms with E-state index in [0.717, 1.165) is 36.8 Å². The van der Waals surface area contributed by atoms with Crippen molar-refractivity contribution in [2.45, 2.75) is 20.1 Å². The van der Waals surface area contributed by atoms with Gasteiger partial charge in [-0.15, -0.1) is 0 Å². The molecule has 1 saturated heterocycles. The molecular weight excluding hydrogens is 656 g/mol. The van der Waals surface area contributed by atoms with E-state index in [9.17, 15) is 14.4 Å². The SMILES string of the molecule is Cc1ccc2ccccc2c1COc1ccc(Cl)cc1/C=C1\C(=O)NC(=O)N(c2ccc(OCc3ccc(Br)cc3)cc2)C1=O. The second kappa shape index (κ2) is 13.0. The average Bonchev–Trinajstić information content (AvgIpc) is 3.03. The molecule has 0 aromatic heterocycles. The van der Waals surface area contributed by atoms with Crippen LogP contribution in [0.3, 0.4) is 0 Å². The van der Waals surface area contributed by atoms with Gasteiger partial charge in [-0.1, -0.05) is 76.1 Å². The lowest BCUT2D eigenvalue weighted by molar-refractivity contribution is -0.122. The molecule has 45 heavy (non-hydrogen) atoms. The minimum Gasteiger partial charge on any atom is -0.489 e. The summed E-state index contributed by atoms with van der Waals surface area (Å²) in [5, 5.41) is 4.83. The molecule has 5 aromatic carbocycles. The van der Waals surface area contributed by atoms with Crippen LogP contribution in [-0.2, 0) is 22.8 Å². The molecule has 0 bridgehead atoms. The molecule has 0 saturated carbocycles. The van der Waals surface area contributed by atoms with Crippen molar-refractivity contribution < 1.29 is 23.9 Å². The molecule has 9 heteroatoms. The molecule has 0 radical (unpaired) electrons. The molecule has 1 N–H and O–H groups in total. The summed E-state index contributed by atoms with van der Waals surface area (Å²) in [6, 6.07) is 30.5. The van der Waals surface area contributed by atoms with E-state index >= 15 is 0 Å². The van der Waals surface area contributed by atoms with Gasteiger partial charge in [0.2, 0.25) is 0 Å².